The summed E-state index contributed by atoms with van der Waals surface area (Å²) in [7, 11) is -3.72. The molecule has 0 unspecified atom stereocenters. The second-order valence-electron chi connectivity index (χ2n) is 8.24. The lowest BCUT2D eigenvalue weighted by molar-refractivity contribution is 0.0996. The van der Waals surface area contributed by atoms with Crippen LogP contribution in [0.1, 0.15) is 22.8 Å². The first kappa shape index (κ1) is 24.9. The van der Waals surface area contributed by atoms with Crippen LogP contribution in [0.25, 0.3) is 10.2 Å². The van der Waals surface area contributed by atoms with Crippen LogP contribution in [0.3, 0.4) is 0 Å². The summed E-state index contributed by atoms with van der Waals surface area (Å²) in [5.41, 5.74) is 3.02. The number of rotatable bonds is 7. The quantitative estimate of drug-likeness (QED) is 0.286. The molecule has 0 aliphatic carbocycles. The number of benzene rings is 3. The van der Waals surface area contributed by atoms with Gasteiger partial charge in [-0.15, -0.1) is 0 Å². The van der Waals surface area contributed by atoms with E-state index in [1.54, 1.807) is 0 Å². The fourth-order valence-electron chi connectivity index (χ4n) is 4.25. The van der Waals surface area contributed by atoms with Crippen LogP contribution >= 0.6 is 27.3 Å². The maximum atomic E-state index is 13.3. The smallest absolute Gasteiger partial charge is 0.279 e. The summed E-state index contributed by atoms with van der Waals surface area (Å²) in [5, 5.41) is 0. The molecule has 1 aliphatic heterocycles. The summed E-state index contributed by atoms with van der Waals surface area (Å²) < 4.78 is 37.4. The number of aromatic nitrogens is 1. The van der Waals surface area contributed by atoms with Crippen LogP contribution in [0.4, 0.5) is 5.69 Å². The molecule has 0 saturated carbocycles. The van der Waals surface area contributed by atoms with Crippen molar-refractivity contribution in [3.63, 3.8) is 0 Å². The van der Waals surface area contributed by atoms with Gasteiger partial charge in [0.05, 0.1) is 27.4 Å². The van der Waals surface area contributed by atoms with Crippen LogP contribution in [-0.2, 0) is 27.7 Å². The zero-order valence-electron chi connectivity index (χ0n) is 19.6. The summed E-state index contributed by atoms with van der Waals surface area (Å²) in [5.74, 6) is -0.429. The van der Waals surface area contributed by atoms with E-state index in [1.165, 1.54) is 39.9 Å². The van der Waals surface area contributed by atoms with E-state index in [0.29, 0.717) is 48.8 Å². The summed E-state index contributed by atoms with van der Waals surface area (Å²) in [6, 6.07) is 19.5. The van der Waals surface area contributed by atoms with Gasteiger partial charge in [0.25, 0.3) is 15.9 Å². The first-order valence-corrected chi connectivity index (χ1v) is 14.6. The first-order valence-electron chi connectivity index (χ1n) is 11.5. The minimum Gasteiger partial charge on any atom is -0.380 e. The Kier molecular flexibility index (Phi) is 7.11. The topological polar surface area (TPSA) is 81.0 Å². The number of amides is 1. The Morgan fingerprint density at radius 2 is 1.89 bits per heavy atom. The number of halogens is 1. The van der Waals surface area contributed by atoms with Crippen molar-refractivity contribution in [3.8, 4) is 0 Å². The van der Waals surface area contributed by atoms with Gasteiger partial charge >= 0.3 is 0 Å². The van der Waals surface area contributed by atoms with Crippen LogP contribution in [-0.4, -0.2) is 38.7 Å². The van der Waals surface area contributed by atoms with E-state index < -0.39 is 15.9 Å². The van der Waals surface area contributed by atoms with Gasteiger partial charge in [-0.2, -0.15) is 4.99 Å². The molecule has 5 rings (SSSR count). The van der Waals surface area contributed by atoms with Crippen LogP contribution in [0.2, 0.25) is 0 Å². The minimum absolute atomic E-state index is 0.147. The van der Waals surface area contributed by atoms with E-state index in [2.05, 4.69) is 20.9 Å². The highest BCUT2D eigenvalue weighted by molar-refractivity contribution is 9.10. The Morgan fingerprint density at radius 3 is 2.67 bits per heavy atom. The monoisotopic (exact) mass is 585 g/mol. The molecule has 4 aromatic rings. The number of hydrogen-bond acceptors (Lipinski definition) is 5. The molecule has 0 spiro atoms. The van der Waals surface area contributed by atoms with E-state index in [-0.39, 0.29) is 4.90 Å². The van der Waals surface area contributed by atoms with Crippen molar-refractivity contribution >= 4 is 59.1 Å². The van der Waals surface area contributed by atoms with E-state index in [4.69, 9.17) is 4.74 Å². The molecule has 2 heterocycles. The van der Waals surface area contributed by atoms with Crippen LogP contribution < -0.4 is 9.11 Å². The largest absolute Gasteiger partial charge is 0.380 e. The number of fused-ring (bicyclic) bond motifs is 2. The van der Waals surface area contributed by atoms with Crippen molar-refractivity contribution in [2.24, 2.45) is 4.99 Å². The molecular formula is C26H24BrN3O4S2. The van der Waals surface area contributed by atoms with Crippen LogP contribution in [0.15, 0.2) is 81.1 Å². The average Bonchev–Trinajstić information content (AvgIpc) is 3.46. The third kappa shape index (κ3) is 4.78. The highest BCUT2D eigenvalue weighted by Gasteiger charge is 2.30. The molecule has 0 atom stereocenters. The second-order valence-corrected chi connectivity index (χ2v) is 12.0. The number of nitrogens with zero attached hydrogens (tertiary/aromatic N) is 3. The average molecular weight is 587 g/mol. The lowest BCUT2D eigenvalue weighted by Crippen LogP contribution is -2.29. The van der Waals surface area contributed by atoms with Gasteiger partial charge < -0.3 is 9.30 Å². The van der Waals surface area contributed by atoms with Crippen molar-refractivity contribution < 1.29 is 17.9 Å². The predicted octanol–water partition coefficient (Wildman–Crippen LogP) is 4.99. The number of carbonyl (C=O) groups is 1. The number of sulfonamides is 1. The molecule has 36 heavy (non-hydrogen) atoms. The van der Waals surface area contributed by atoms with Gasteiger partial charge in [-0.05, 0) is 67.4 Å². The number of carbonyl (C=O) groups excluding carboxylic acids is 1. The highest BCUT2D eigenvalue weighted by atomic mass is 79.9. The molecular weight excluding hydrogens is 562 g/mol. The van der Waals surface area contributed by atoms with Gasteiger partial charge in [-0.3, -0.25) is 9.10 Å². The molecule has 0 N–H and O–H groups in total. The molecule has 0 saturated heterocycles. The molecule has 7 nitrogen and oxygen atoms in total. The van der Waals surface area contributed by atoms with Crippen molar-refractivity contribution in [3.05, 3.63) is 87.1 Å². The lowest BCUT2D eigenvalue weighted by atomic mass is 10.2. The summed E-state index contributed by atoms with van der Waals surface area (Å²) in [6.45, 7) is 4.02. The van der Waals surface area contributed by atoms with Gasteiger partial charge in [0.1, 0.15) is 0 Å². The Balaban J connectivity index is 1.44. The van der Waals surface area contributed by atoms with Gasteiger partial charge in [0.2, 0.25) is 0 Å². The first-order chi connectivity index (χ1) is 17.4. The lowest BCUT2D eigenvalue weighted by Gasteiger charge is -2.19. The maximum Gasteiger partial charge on any atom is 0.279 e. The standard InChI is InChI=1S/C26H24BrN3O4S2/c1-2-34-16-15-29-23-12-9-20(27)17-24(23)35-26(29)28-25(31)19-7-10-21(11-8-19)36(32,33)30-14-13-18-5-3-4-6-22(18)30/h3-12,17H,2,13-16H2,1H3. The normalized spacial score (nSPS) is 13.9. The maximum absolute atomic E-state index is 13.3. The fourth-order valence-corrected chi connectivity index (χ4v) is 7.36. The molecule has 10 heteroatoms. The molecule has 186 valence electrons. The Morgan fingerprint density at radius 1 is 1.11 bits per heavy atom. The number of ether oxygens (including phenoxy) is 1. The van der Waals surface area contributed by atoms with Crippen molar-refractivity contribution in [1.29, 1.82) is 0 Å². The molecule has 1 aliphatic rings. The predicted molar refractivity (Wildman–Crippen MR) is 145 cm³/mol. The SMILES string of the molecule is CCOCCn1c(=NC(=O)c2ccc(S(=O)(=O)N3CCc4ccccc43)cc2)sc2cc(Br)ccc21. The molecule has 0 radical (unpaired) electrons. The van der Waals surface area contributed by atoms with Gasteiger partial charge in [0, 0.05) is 29.7 Å². The molecule has 3 aromatic carbocycles. The fraction of sp³-hybridized carbons (Fsp3) is 0.231. The van der Waals surface area contributed by atoms with Crippen LogP contribution in [0, 0.1) is 0 Å². The van der Waals surface area contributed by atoms with E-state index in [1.807, 2.05) is 54.0 Å². The number of para-hydroxylation sites is 1. The van der Waals surface area contributed by atoms with E-state index in [0.717, 1.165) is 20.3 Å². The van der Waals surface area contributed by atoms with E-state index in [9.17, 15) is 13.2 Å². The Labute approximate surface area is 221 Å². The van der Waals surface area contributed by atoms with Crippen LogP contribution in [0.5, 0.6) is 0 Å². The number of thiazole rings is 1. The summed E-state index contributed by atoms with van der Waals surface area (Å²) in [6.07, 6.45) is 0.680. The third-order valence-corrected chi connectivity index (χ3v) is 9.40. The Bertz CT molecular complexity index is 1610. The minimum atomic E-state index is -3.72. The summed E-state index contributed by atoms with van der Waals surface area (Å²) in [4.78, 5) is 18.1. The molecule has 0 fully saturated rings. The van der Waals surface area contributed by atoms with Crippen molar-refractivity contribution in [1.82, 2.24) is 4.57 Å². The zero-order valence-corrected chi connectivity index (χ0v) is 22.8. The van der Waals surface area contributed by atoms with Crippen molar-refractivity contribution in [2.75, 3.05) is 24.1 Å². The molecule has 1 aromatic heterocycles. The summed E-state index contributed by atoms with van der Waals surface area (Å²) >= 11 is 4.92. The molecule has 0 bridgehead atoms. The molecule has 1 amide bonds. The van der Waals surface area contributed by atoms with Gasteiger partial charge in [0.15, 0.2) is 4.80 Å². The van der Waals surface area contributed by atoms with Gasteiger partial charge in [-0.25, -0.2) is 8.42 Å². The van der Waals surface area contributed by atoms with Gasteiger partial charge in [-0.1, -0.05) is 45.5 Å². The zero-order chi connectivity index (χ0) is 25.3. The van der Waals surface area contributed by atoms with Crippen molar-refractivity contribution in [2.45, 2.75) is 24.8 Å². The highest BCUT2D eigenvalue weighted by Crippen LogP contribution is 2.32. The third-order valence-electron chi connectivity index (χ3n) is 6.04. The van der Waals surface area contributed by atoms with E-state index >= 15 is 0 Å². The Hall–Kier alpha value is -2.79. The second kappa shape index (κ2) is 10.3. The number of anilines is 1. The number of hydrogen-bond donors (Lipinski definition) is 0.